The molecule has 3 atom stereocenters. The van der Waals surface area contributed by atoms with E-state index in [4.69, 9.17) is 0 Å². The lowest BCUT2D eigenvalue weighted by Crippen LogP contribution is -1.95. The van der Waals surface area contributed by atoms with Gasteiger partial charge in [0.2, 0.25) is 0 Å². The van der Waals surface area contributed by atoms with E-state index < -0.39 is 0 Å². The molecule has 0 saturated heterocycles. The van der Waals surface area contributed by atoms with E-state index in [2.05, 4.69) is 80.7 Å². The normalized spacial score (nSPS) is 28.7. The van der Waals surface area contributed by atoms with Crippen molar-refractivity contribution in [2.45, 2.75) is 20.3 Å². The Morgan fingerprint density at radius 2 is 1.77 bits per heavy atom. The lowest BCUT2D eigenvalue weighted by atomic mass is 9.90. The van der Waals surface area contributed by atoms with Gasteiger partial charge >= 0.3 is 0 Å². The van der Waals surface area contributed by atoms with E-state index in [-0.39, 0.29) is 0 Å². The Balaban J connectivity index is 1.75. The molecule has 0 heteroatoms. The van der Waals surface area contributed by atoms with Crippen LogP contribution in [0.5, 0.6) is 0 Å². The molecule has 1 aromatic rings. The van der Waals surface area contributed by atoms with Crippen LogP contribution in [0.1, 0.15) is 30.0 Å². The summed E-state index contributed by atoms with van der Waals surface area (Å²) in [5, 5.41) is 0. The van der Waals surface area contributed by atoms with Crippen molar-refractivity contribution in [2.75, 3.05) is 0 Å². The maximum absolute atomic E-state index is 2.48. The minimum absolute atomic E-state index is 0.767. The van der Waals surface area contributed by atoms with Gasteiger partial charge in [-0.25, -0.2) is 0 Å². The zero-order chi connectivity index (χ0) is 15.1. The van der Waals surface area contributed by atoms with Crippen LogP contribution < -0.4 is 0 Å². The van der Waals surface area contributed by atoms with Gasteiger partial charge in [-0.05, 0) is 58.9 Å². The van der Waals surface area contributed by atoms with Crippen LogP contribution in [0.15, 0.2) is 66.8 Å². The van der Waals surface area contributed by atoms with Crippen LogP contribution >= 0.6 is 0 Å². The van der Waals surface area contributed by atoms with Crippen LogP contribution in [0.4, 0.5) is 0 Å². The number of hydrogen-bond donors (Lipinski definition) is 0. The van der Waals surface area contributed by atoms with E-state index >= 15 is 0 Å². The highest BCUT2D eigenvalue weighted by Gasteiger charge is 2.44. The van der Waals surface area contributed by atoms with E-state index in [9.17, 15) is 0 Å². The third kappa shape index (κ3) is 2.23. The Bertz CT molecular complexity index is 752. The Morgan fingerprint density at radius 3 is 2.59 bits per heavy atom. The fourth-order valence-electron chi connectivity index (χ4n) is 3.77. The van der Waals surface area contributed by atoms with Gasteiger partial charge in [-0.3, -0.25) is 0 Å². The molecule has 22 heavy (non-hydrogen) atoms. The zero-order valence-electron chi connectivity index (χ0n) is 13.3. The Hall–Kier alpha value is -2.08. The molecule has 1 fully saturated rings. The predicted molar refractivity (Wildman–Crippen MR) is 95.3 cm³/mol. The molecule has 1 aromatic carbocycles. The highest BCUT2D eigenvalue weighted by Crippen LogP contribution is 2.52. The van der Waals surface area contributed by atoms with Gasteiger partial charge in [-0.15, -0.1) is 0 Å². The molecule has 4 rings (SSSR count). The molecule has 0 spiro atoms. The first-order chi connectivity index (χ1) is 10.8. The predicted octanol–water partition coefficient (Wildman–Crippen LogP) is 5.73. The molecule has 0 aliphatic heterocycles. The summed E-state index contributed by atoms with van der Waals surface area (Å²) in [6.45, 7) is 4.61. The molecule has 0 bridgehead atoms. The zero-order valence-corrected chi connectivity index (χ0v) is 13.3. The largest absolute Gasteiger partial charge is 0.0807 e. The molecular formula is C22H22. The summed E-state index contributed by atoms with van der Waals surface area (Å²) >= 11 is 0. The van der Waals surface area contributed by atoms with Gasteiger partial charge in [0, 0.05) is 0 Å². The van der Waals surface area contributed by atoms with Crippen LogP contribution in [0, 0.1) is 24.7 Å². The lowest BCUT2D eigenvalue weighted by molar-refractivity contribution is 0.885. The highest BCUT2D eigenvalue weighted by atomic mass is 14.5. The summed E-state index contributed by atoms with van der Waals surface area (Å²) in [4.78, 5) is 0. The first-order valence-electron chi connectivity index (χ1n) is 8.29. The molecule has 0 heterocycles. The molecular weight excluding hydrogens is 264 g/mol. The van der Waals surface area contributed by atoms with Crippen molar-refractivity contribution in [3.05, 3.63) is 83.5 Å². The van der Waals surface area contributed by atoms with Crippen LogP contribution in [0.2, 0.25) is 0 Å². The average molecular weight is 286 g/mol. The van der Waals surface area contributed by atoms with Gasteiger partial charge < -0.3 is 0 Å². The van der Waals surface area contributed by atoms with Crippen molar-refractivity contribution >= 4 is 11.1 Å². The minimum atomic E-state index is 0.767. The molecule has 0 N–H and O–H groups in total. The maximum Gasteiger partial charge on any atom is -0.0127 e. The molecule has 0 radical (unpaired) electrons. The quantitative estimate of drug-likeness (QED) is 0.651. The van der Waals surface area contributed by atoms with Crippen molar-refractivity contribution in [1.29, 1.82) is 0 Å². The monoisotopic (exact) mass is 286 g/mol. The third-order valence-electron chi connectivity index (χ3n) is 5.33. The van der Waals surface area contributed by atoms with E-state index in [1.165, 1.54) is 27.8 Å². The molecule has 3 unspecified atom stereocenters. The molecule has 0 nitrogen and oxygen atoms in total. The van der Waals surface area contributed by atoms with Gasteiger partial charge in [0.05, 0.1) is 0 Å². The highest BCUT2D eigenvalue weighted by molar-refractivity contribution is 5.84. The van der Waals surface area contributed by atoms with E-state index in [0.717, 1.165) is 24.2 Å². The van der Waals surface area contributed by atoms with Crippen molar-refractivity contribution in [3.63, 3.8) is 0 Å². The summed E-state index contributed by atoms with van der Waals surface area (Å²) in [5.41, 5.74) is 6.83. The summed E-state index contributed by atoms with van der Waals surface area (Å²) in [5.74, 6) is 2.39. The topological polar surface area (TPSA) is 0 Å². The van der Waals surface area contributed by atoms with Gasteiger partial charge in [0.1, 0.15) is 0 Å². The van der Waals surface area contributed by atoms with Crippen molar-refractivity contribution in [2.24, 2.45) is 17.8 Å². The molecule has 0 aromatic heterocycles. The number of rotatable bonds is 2. The van der Waals surface area contributed by atoms with E-state index in [1.54, 1.807) is 0 Å². The smallest absolute Gasteiger partial charge is 0.0127 e. The molecule has 3 aliphatic rings. The van der Waals surface area contributed by atoms with Crippen LogP contribution in [0.25, 0.3) is 11.1 Å². The van der Waals surface area contributed by atoms with Crippen molar-refractivity contribution in [1.82, 2.24) is 0 Å². The second-order valence-electron chi connectivity index (χ2n) is 6.66. The van der Waals surface area contributed by atoms with Crippen LogP contribution in [-0.2, 0) is 0 Å². The summed E-state index contributed by atoms with van der Waals surface area (Å²) in [6, 6.07) is 6.70. The number of hydrogen-bond acceptors (Lipinski definition) is 0. The summed E-state index contributed by atoms with van der Waals surface area (Å²) in [7, 11) is 0. The third-order valence-corrected chi connectivity index (χ3v) is 5.33. The SMILES string of the molecule is Cc1c(C2=CC=CCC=C2)cccc1C1=CC2C(C)C2C=C1. The fourth-order valence-corrected chi connectivity index (χ4v) is 3.77. The molecule has 0 amide bonds. The second kappa shape index (κ2) is 5.28. The Labute approximate surface area is 133 Å². The first-order valence-corrected chi connectivity index (χ1v) is 8.29. The van der Waals surface area contributed by atoms with Gasteiger partial charge in [0.25, 0.3) is 0 Å². The van der Waals surface area contributed by atoms with Gasteiger partial charge in [-0.1, -0.05) is 73.7 Å². The van der Waals surface area contributed by atoms with Gasteiger partial charge in [0.15, 0.2) is 0 Å². The average Bonchev–Trinajstić information content (AvgIpc) is 3.26. The van der Waals surface area contributed by atoms with Gasteiger partial charge in [-0.2, -0.15) is 0 Å². The fraction of sp³-hybridized carbons (Fsp3) is 0.273. The van der Waals surface area contributed by atoms with Crippen LogP contribution in [0.3, 0.4) is 0 Å². The van der Waals surface area contributed by atoms with Crippen LogP contribution in [-0.4, -0.2) is 0 Å². The standard InChI is InChI=1S/C22H22/c1-15-19(17-8-5-3-4-6-9-17)10-7-11-20(15)18-12-13-21-16(2)22(21)14-18/h3,5-14,16,21-22H,4H2,1-2H3. The molecule has 1 saturated carbocycles. The van der Waals surface area contributed by atoms with Crippen molar-refractivity contribution < 1.29 is 0 Å². The summed E-state index contributed by atoms with van der Waals surface area (Å²) in [6.07, 6.45) is 19.3. The molecule has 3 aliphatic carbocycles. The Morgan fingerprint density at radius 1 is 0.955 bits per heavy atom. The summed E-state index contributed by atoms with van der Waals surface area (Å²) < 4.78 is 0. The minimum Gasteiger partial charge on any atom is -0.0807 e. The lowest BCUT2D eigenvalue weighted by Gasteiger charge is -2.14. The number of allylic oxidation sites excluding steroid dienone is 10. The van der Waals surface area contributed by atoms with E-state index in [1.807, 2.05) is 0 Å². The maximum atomic E-state index is 2.48. The first kappa shape index (κ1) is 13.6. The Kier molecular flexibility index (Phi) is 3.26. The van der Waals surface area contributed by atoms with E-state index in [0.29, 0.717) is 0 Å². The number of fused-ring (bicyclic) bond motifs is 1. The van der Waals surface area contributed by atoms with Crippen molar-refractivity contribution in [3.8, 4) is 0 Å². The second-order valence-corrected chi connectivity index (χ2v) is 6.66. The number of benzene rings is 1. The molecule has 110 valence electrons.